The van der Waals surface area contributed by atoms with Gasteiger partial charge in [0.2, 0.25) is 0 Å². The predicted octanol–water partition coefficient (Wildman–Crippen LogP) is 3.95. The summed E-state index contributed by atoms with van der Waals surface area (Å²) in [5.41, 5.74) is 3.57. The quantitative estimate of drug-likeness (QED) is 0.495. The van der Waals surface area contributed by atoms with Gasteiger partial charge in [-0.1, -0.05) is 24.5 Å². The minimum atomic E-state index is -0.422. The first-order valence-electron chi connectivity index (χ1n) is 6.62. The van der Waals surface area contributed by atoms with Crippen LogP contribution in [0.4, 0.5) is 11.4 Å². The van der Waals surface area contributed by atoms with Gasteiger partial charge in [0.1, 0.15) is 0 Å². The molecule has 6 nitrogen and oxygen atoms in total. The van der Waals surface area contributed by atoms with E-state index in [2.05, 4.69) is 15.8 Å². The molecule has 2 rings (SSSR count). The van der Waals surface area contributed by atoms with Gasteiger partial charge in [0, 0.05) is 12.1 Å². The summed E-state index contributed by atoms with van der Waals surface area (Å²) in [5.74, 6) is 0.663. The van der Waals surface area contributed by atoms with E-state index in [9.17, 15) is 10.1 Å². The van der Waals surface area contributed by atoms with E-state index in [0.717, 1.165) is 6.54 Å². The molecule has 1 aliphatic rings. The Labute approximate surface area is 112 Å². The Bertz CT molecular complexity index is 438. The Morgan fingerprint density at radius 2 is 1.89 bits per heavy atom. The maximum absolute atomic E-state index is 10.5. The first-order chi connectivity index (χ1) is 9.25. The van der Waals surface area contributed by atoms with Crippen LogP contribution in [0.25, 0.3) is 0 Å². The number of nitrogens with one attached hydrogen (secondary N) is 1. The van der Waals surface area contributed by atoms with E-state index in [-0.39, 0.29) is 5.69 Å². The van der Waals surface area contributed by atoms with Gasteiger partial charge in [-0.05, 0) is 30.9 Å². The second-order valence-electron chi connectivity index (χ2n) is 4.84. The first kappa shape index (κ1) is 13.5. The Hall–Kier alpha value is -1.98. The molecule has 0 atom stereocenters. The van der Waals surface area contributed by atoms with Crippen LogP contribution in [-0.2, 0) is 0 Å². The van der Waals surface area contributed by atoms with Gasteiger partial charge in [-0.3, -0.25) is 15.5 Å². The minimum absolute atomic E-state index is 0.0738. The van der Waals surface area contributed by atoms with Crippen LogP contribution in [-0.4, -0.2) is 11.5 Å². The molecule has 0 unspecified atom stereocenters. The van der Waals surface area contributed by atoms with Gasteiger partial charge in [0.05, 0.1) is 17.2 Å². The summed E-state index contributed by atoms with van der Waals surface area (Å²) in [4.78, 5) is 10.1. The standard InChI is InChI=1S/C13H18N4O2/c18-17(19)13-8-6-12(7-9-13)15-16-14-10-11-4-2-1-3-5-11/h6-9,11H,1-5,10H2,(H,14,15). The molecule has 0 amide bonds. The normalized spacial score (nSPS) is 16.6. The Morgan fingerprint density at radius 3 is 2.53 bits per heavy atom. The molecule has 1 N–H and O–H groups in total. The summed E-state index contributed by atoms with van der Waals surface area (Å²) in [6, 6.07) is 6.13. The number of benzene rings is 1. The van der Waals surface area contributed by atoms with Crippen molar-refractivity contribution in [1.29, 1.82) is 0 Å². The topological polar surface area (TPSA) is 79.9 Å². The number of nitro benzene ring substituents is 1. The third-order valence-corrected chi connectivity index (χ3v) is 3.39. The molecule has 0 saturated heterocycles. The van der Waals surface area contributed by atoms with E-state index in [4.69, 9.17) is 0 Å². The third kappa shape index (κ3) is 4.31. The minimum Gasteiger partial charge on any atom is -0.260 e. The van der Waals surface area contributed by atoms with E-state index < -0.39 is 4.92 Å². The number of non-ortho nitro benzene ring substituents is 1. The number of nitrogens with zero attached hydrogens (tertiary/aromatic N) is 3. The molecule has 0 aliphatic heterocycles. The van der Waals surface area contributed by atoms with Gasteiger partial charge in [-0.15, -0.1) is 0 Å². The summed E-state index contributed by atoms with van der Waals surface area (Å²) in [5, 5.41) is 18.5. The number of nitro groups is 1. The van der Waals surface area contributed by atoms with Crippen molar-refractivity contribution >= 4 is 11.4 Å². The fraction of sp³-hybridized carbons (Fsp3) is 0.538. The summed E-state index contributed by atoms with van der Waals surface area (Å²) < 4.78 is 0. The molecular weight excluding hydrogens is 244 g/mol. The van der Waals surface area contributed by atoms with Crippen LogP contribution in [0.2, 0.25) is 0 Å². The Balaban J connectivity index is 1.76. The highest BCUT2D eigenvalue weighted by Gasteiger charge is 2.12. The molecule has 1 aromatic rings. The molecule has 1 fully saturated rings. The van der Waals surface area contributed by atoms with Crippen molar-refractivity contribution in [3.8, 4) is 0 Å². The van der Waals surface area contributed by atoms with Crippen LogP contribution >= 0.6 is 0 Å². The molecule has 6 heteroatoms. The van der Waals surface area contributed by atoms with Gasteiger partial charge in [-0.2, -0.15) is 5.11 Å². The second-order valence-corrected chi connectivity index (χ2v) is 4.84. The van der Waals surface area contributed by atoms with E-state index in [1.54, 1.807) is 12.1 Å². The average Bonchev–Trinajstić information content (AvgIpc) is 2.45. The molecule has 0 aromatic heterocycles. The first-order valence-corrected chi connectivity index (χ1v) is 6.62. The van der Waals surface area contributed by atoms with Crippen LogP contribution in [0.3, 0.4) is 0 Å². The molecule has 0 radical (unpaired) electrons. The van der Waals surface area contributed by atoms with Crippen molar-refractivity contribution in [2.75, 3.05) is 12.0 Å². The number of anilines is 1. The van der Waals surface area contributed by atoms with Crippen molar-refractivity contribution in [2.45, 2.75) is 32.1 Å². The van der Waals surface area contributed by atoms with Crippen molar-refractivity contribution in [3.63, 3.8) is 0 Å². The average molecular weight is 262 g/mol. The van der Waals surface area contributed by atoms with Gasteiger partial charge >= 0.3 is 0 Å². The fourth-order valence-corrected chi connectivity index (χ4v) is 2.28. The molecule has 102 valence electrons. The van der Waals surface area contributed by atoms with Crippen molar-refractivity contribution in [1.82, 2.24) is 0 Å². The Morgan fingerprint density at radius 1 is 1.21 bits per heavy atom. The summed E-state index contributed by atoms with van der Waals surface area (Å²) >= 11 is 0. The number of hydrogen-bond donors (Lipinski definition) is 1. The zero-order valence-electron chi connectivity index (χ0n) is 10.8. The lowest BCUT2D eigenvalue weighted by atomic mass is 9.89. The maximum Gasteiger partial charge on any atom is 0.269 e. The van der Waals surface area contributed by atoms with Gasteiger partial charge in [0.15, 0.2) is 0 Å². The highest BCUT2D eigenvalue weighted by atomic mass is 16.6. The van der Waals surface area contributed by atoms with Crippen LogP contribution < -0.4 is 5.43 Å². The van der Waals surface area contributed by atoms with Crippen LogP contribution in [0, 0.1) is 16.0 Å². The van der Waals surface area contributed by atoms with Crippen LogP contribution in [0.15, 0.2) is 34.6 Å². The van der Waals surface area contributed by atoms with Gasteiger partial charge in [0.25, 0.3) is 5.69 Å². The van der Waals surface area contributed by atoms with Crippen LogP contribution in [0.1, 0.15) is 32.1 Å². The monoisotopic (exact) mass is 262 g/mol. The zero-order chi connectivity index (χ0) is 13.5. The SMILES string of the molecule is O=[N+]([O-])c1ccc(NN=NCC2CCCCC2)cc1. The van der Waals surface area contributed by atoms with Gasteiger partial charge < -0.3 is 0 Å². The Kier molecular flexibility index (Phi) is 4.83. The molecule has 1 saturated carbocycles. The van der Waals surface area contributed by atoms with E-state index >= 15 is 0 Å². The molecule has 0 spiro atoms. The highest BCUT2D eigenvalue weighted by Crippen LogP contribution is 2.23. The zero-order valence-corrected chi connectivity index (χ0v) is 10.8. The van der Waals surface area contributed by atoms with Crippen LogP contribution in [0.5, 0.6) is 0 Å². The van der Waals surface area contributed by atoms with Crippen molar-refractivity contribution < 1.29 is 4.92 Å². The smallest absolute Gasteiger partial charge is 0.260 e. The summed E-state index contributed by atoms with van der Waals surface area (Å²) in [7, 11) is 0. The number of rotatable bonds is 5. The molecule has 0 bridgehead atoms. The molecule has 0 heterocycles. The van der Waals surface area contributed by atoms with E-state index in [1.807, 2.05) is 0 Å². The predicted molar refractivity (Wildman–Crippen MR) is 73.0 cm³/mol. The second kappa shape index (κ2) is 6.82. The lowest BCUT2D eigenvalue weighted by molar-refractivity contribution is -0.384. The lowest BCUT2D eigenvalue weighted by Gasteiger charge is -2.18. The highest BCUT2D eigenvalue weighted by molar-refractivity contribution is 5.47. The lowest BCUT2D eigenvalue weighted by Crippen LogP contribution is -2.09. The maximum atomic E-state index is 10.5. The van der Waals surface area contributed by atoms with Crippen molar-refractivity contribution in [3.05, 3.63) is 34.4 Å². The molecule has 19 heavy (non-hydrogen) atoms. The number of hydrogen-bond acceptors (Lipinski definition) is 4. The van der Waals surface area contributed by atoms with Crippen molar-refractivity contribution in [2.24, 2.45) is 16.3 Å². The van der Waals surface area contributed by atoms with E-state index in [0.29, 0.717) is 11.6 Å². The molecule has 1 aliphatic carbocycles. The fourth-order valence-electron chi connectivity index (χ4n) is 2.28. The summed E-state index contributed by atoms with van der Waals surface area (Å²) in [6.45, 7) is 0.764. The third-order valence-electron chi connectivity index (χ3n) is 3.39. The summed E-state index contributed by atoms with van der Waals surface area (Å²) in [6.07, 6.45) is 6.44. The van der Waals surface area contributed by atoms with E-state index in [1.165, 1.54) is 44.2 Å². The molecular formula is C13H18N4O2. The molecule has 1 aromatic carbocycles. The largest absolute Gasteiger partial charge is 0.269 e. The van der Waals surface area contributed by atoms with Gasteiger partial charge in [-0.25, -0.2) is 0 Å².